The largest absolute Gasteiger partial charge is 0.309 e. The van der Waals surface area contributed by atoms with Crippen LogP contribution in [0.4, 0.5) is 0 Å². The average molecular weight is 1070 g/mol. The maximum absolute atomic E-state index is 10.9. The van der Waals surface area contributed by atoms with Gasteiger partial charge in [0, 0.05) is 49.6 Å². The van der Waals surface area contributed by atoms with Gasteiger partial charge in [0.15, 0.2) is 17.5 Å². The summed E-state index contributed by atoms with van der Waals surface area (Å²) in [7, 11) is 0. The first-order chi connectivity index (χ1) is 41.5. The van der Waals surface area contributed by atoms with Crippen molar-refractivity contribution >= 4 is 43.6 Å². The Morgan fingerprint density at radius 1 is 0.226 bits per heavy atom. The Morgan fingerprint density at radius 2 is 0.524 bits per heavy atom. The quantitative estimate of drug-likeness (QED) is 0.136. The lowest BCUT2D eigenvalue weighted by Crippen LogP contribution is -2.03. The molecule has 3 aromatic heterocycles. The molecule has 0 atom stereocenters. The fraction of sp³-hybridized carbons (Fsp3) is 0. The molecule has 0 saturated carbocycles. The summed E-state index contributed by atoms with van der Waals surface area (Å²) in [4.78, 5) is 16.0. The van der Waals surface area contributed by atoms with Gasteiger partial charge < -0.3 is 9.13 Å². The summed E-state index contributed by atoms with van der Waals surface area (Å²) < 4.78 is 4.59. The topological polar surface area (TPSA) is 96.1 Å². The maximum atomic E-state index is 10.9. The van der Waals surface area contributed by atoms with Gasteiger partial charge in [-0.15, -0.1) is 0 Å². The second-order valence-electron chi connectivity index (χ2n) is 21.1. The van der Waals surface area contributed by atoms with Crippen LogP contribution in [0.2, 0.25) is 0 Å². The molecule has 0 saturated heterocycles. The SMILES string of the molecule is N#Cc1ccc(-c2cc(-c3nc(-c4ccccc4)nc(-c4cc(C#N)cc(-n5c6ccc(-c7ccccc7)cc6c6cc(-c7ccccc7)ccc65)c4)n3)cc(-n3c4ccc(-c5ccccc5)cc4c4cc(-c5ccccc5)ccc43)c2)cc1. The first kappa shape index (κ1) is 49.3. The summed E-state index contributed by atoms with van der Waals surface area (Å²) in [5, 5.41) is 25.2. The van der Waals surface area contributed by atoms with Crippen molar-refractivity contribution in [3.05, 3.63) is 296 Å². The molecule has 0 aliphatic rings. The van der Waals surface area contributed by atoms with E-state index in [4.69, 9.17) is 15.0 Å². The lowest BCUT2D eigenvalue weighted by molar-refractivity contribution is 1.07. The molecule has 15 rings (SSSR count). The molecule has 12 aromatic carbocycles. The maximum Gasteiger partial charge on any atom is 0.164 e. The van der Waals surface area contributed by atoms with Crippen LogP contribution in [0, 0.1) is 22.7 Å². The molecule has 0 aliphatic carbocycles. The zero-order valence-electron chi connectivity index (χ0n) is 45.3. The van der Waals surface area contributed by atoms with Crippen molar-refractivity contribution in [1.29, 1.82) is 10.5 Å². The first-order valence-corrected chi connectivity index (χ1v) is 27.9. The molecule has 390 valence electrons. The zero-order chi connectivity index (χ0) is 56.1. The summed E-state index contributed by atoms with van der Waals surface area (Å²) in [6.45, 7) is 0. The predicted molar refractivity (Wildman–Crippen MR) is 341 cm³/mol. The van der Waals surface area contributed by atoms with E-state index in [1.807, 2.05) is 91.0 Å². The highest BCUT2D eigenvalue weighted by molar-refractivity contribution is 6.13. The van der Waals surface area contributed by atoms with Crippen molar-refractivity contribution in [3.8, 4) is 113 Å². The molecule has 0 aliphatic heterocycles. The highest BCUT2D eigenvalue weighted by Crippen LogP contribution is 2.42. The smallest absolute Gasteiger partial charge is 0.164 e. The van der Waals surface area contributed by atoms with Gasteiger partial charge in [0.2, 0.25) is 0 Å². The molecule has 0 radical (unpaired) electrons. The zero-order valence-corrected chi connectivity index (χ0v) is 45.3. The molecule has 7 heteroatoms. The standard InChI is InChI=1S/C77H47N7/c78-48-50-26-28-56(29-27-50)62-40-64(43-66(41-62)84-73-36-32-60(54-20-10-3-11-21-54)46-69(73)70-47-61(33-37-74(70)84)55-22-12-4-13-23-55)77-81-75(57-24-14-5-15-25-57)80-76(82-77)63-38-51(49-79)39-65(42-63)83-71-34-30-58(52-16-6-1-7-17-52)44-67(71)68-45-59(31-35-72(68)83)53-18-8-2-9-19-53/h1-47H. The highest BCUT2D eigenvalue weighted by Gasteiger charge is 2.22. The lowest BCUT2D eigenvalue weighted by Gasteiger charge is -2.15. The van der Waals surface area contributed by atoms with Gasteiger partial charge >= 0.3 is 0 Å². The van der Waals surface area contributed by atoms with Crippen LogP contribution in [0.1, 0.15) is 11.1 Å². The van der Waals surface area contributed by atoms with E-state index in [1.54, 1.807) is 0 Å². The van der Waals surface area contributed by atoms with E-state index in [9.17, 15) is 10.5 Å². The Balaban J connectivity index is 0.947. The van der Waals surface area contributed by atoms with Crippen molar-refractivity contribution in [3.63, 3.8) is 0 Å². The van der Waals surface area contributed by atoms with Gasteiger partial charge in [0.1, 0.15) is 0 Å². The van der Waals surface area contributed by atoms with Gasteiger partial charge in [-0.1, -0.05) is 188 Å². The molecule has 0 bridgehead atoms. The lowest BCUT2D eigenvalue weighted by atomic mass is 10.00. The second kappa shape index (κ2) is 20.7. The normalized spacial score (nSPS) is 11.3. The molecule has 7 nitrogen and oxygen atoms in total. The van der Waals surface area contributed by atoms with Crippen LogP contribution >= 0.6 is 0 Å². The summed E-state index contributed by atoms with van der Waals surface area (Å²) in [6, 6.07) is 104. The molecule has 0 fully saturated rings. The third-order valence-electron chi connectivity index (χ3n) is 16.0. The number of rotatable bonds is 10. The van der Waals surface area contributed by atoms with Crippen LogP contribution in [0.25, 0.3) is 145 Å². The van der Waals surface area contributed by atoms with Crippen molar-refractivity contribution in [1.82, 2.24) is 24.1 Å². The van der Waals surface area contributed by atoms with Crippen molar-refractivity contribution in [2.45, 2.75) is 0 Å². The molecular weight excluding hydrogens is 1020 g/mol. The highest BCUT2D eigenvalue weighted by atomic mass is 15.0. The Morgan fingerprint density at radius 3 is 0.893 bits per heavy atom. The van der Waals surface area contributed by atoms with Crippen LogP contribution in [0.15, 0.2) is 285 Å². The number of aromatic nitrogens is 5. The third-order valence-corrected chi connectivity index (χ3v) is 16.0. The molecule has 0 amide bonds. The van der Waals surface area contributed by atoms with Gasteiger partial charge in [-0.2, -0.15) is 10.5 Å². The average Bonchev–Trinajstić information content (AvgIpc) is 3.29. The molecule has 3 heterocycles. The predicted octanol–water partition coefficient (Wildman–Crippen LogP) is 19.1. The number of fused-ring (bicyclic) bond motifs is 6. The molecule has 0 spiro atoms. The minimum absolute atomic E-state index is 0.416. The number of hydrogen-bond acceptors (Lipinski definition) is 5. The number of nitrogens with zero attached hydrogens (tertiary/aromatic N) is 7. The number of hydrogen-bond donors (Lipinski definition) is 0. The van der Waals surface area contributed by atoms with Crippen LogP contribution in [-0.4, -0.2) is 24.1 Å². The summed E-state index contributed by atoms with van der Waals surface area (Å²) in [5.41, 5.74) is 19.9. The fourth-order valence-corrected chi connectivity index (χ4v) is 11.9. The van der Waals surface area contributed by atoms with Crippen LogP contribution in [-0.2, 0) is 0 Å². The van der Waals surface area contributed by atoms with Crippen LogP contribution in [0.5, 0.6) is 0 Å². The Hall–Kier alpha value is -11.8. The van der Waals surface area contributed by atoms with Crippen LogP contribution in [0.3, 0.4) is 0 Å². The summed E-state index contributed by atoms with van der Waals surface area (Å²) in [5.74, 6) is 1.36. The minimum Gasteiger partial charge on any atom is -0.309 e. The van der Waals surface area contributed by atoms with Gasteiger partial charge in [0.25, 0.3) is 0 Å². The van der Waals surface area contributed by atoms with Gasteiger partial charge in [0.05, 0.1) is 45.3 Å². The second-order valence-corrected chi connectivity index (χ2v) is 21.1. The van der Waals surface area contributed by atoms with Crippen molar-refractivity contribution in [2.24, 2.45) is 0 Å². The summed E-state index contributed by atoms with van der Waals surface area (Å²) >= 11 is 0. The Labute approximate surface area is 485 Å². The molecule has 0 N–H and O–H groups in total. The van der Waals surface area contributed by atoms with Gasteiger partial charge in [-0.05, 0) is 153 Å². The van der Waals surface area contributed by atoms with E-state index in [0.29, 0.717) is 34.2 Å². The van der Waals surface area contributed by atoms with E-state index < -0.39 is 0 Å². The van der Waals surface area contributed by atoms with E-state index in [1.165, 1.54) is 0 Å². The minimum atomic E-state index is 0.416. The number of benzene rings is 12. The fourth-order valence-electron chi connectivity index (χ4n) is 11.9. The first-order valence-electron chi connectivity index (χ1n) is 27.9. The monoisotopic (exact) mass is 1070 g/mol. The van der Waals surface area contributed by atoms with Crippen molar-refractivity contribution in [2.75, 3.05) is 0 Å². The van der Waals surface area contributed by atoms with Gasteiger partial charge in [-0.25, -0.2) is 15.0 Å². The van der Waals surface area contributed by atoms with E-state index in [0.717, 1.165) is 122 Å². The molecule has 15 aromatic rings. The molecular formula is C77H47N7. The van der Waals surface area contributed by atoms with E-state index in [2.05, 4.69) is 215 Å². The third kappa shape index (κ3) is 8.92. The van der Waals surface area contributed by atoms with Crippen molar-refractivity contribution < 1.29 is 0 Å². The Bertz CT molecular complexity index is 4920. The van der Waals surface area contributed by atoms with E-state index in [-0.39, 0.29) is 0 Å². The van der Waals surface area contributed by atoms with Gasteiger partial charge in [-0.3, -0.25) is 0 Å². The summed E-state index contributed by atoms with van der Waals surface area (Å²) in [6.07, 6.45) is 0. The van der Waals surface area contributed by atoms with Crippen LogP contribution < -0.4 is 0 Å². The number of nitriles is 2. The molecule has 0 unspecified atom stereocenters. The van der Waals surface area contributed by atoms with E-state index >= 15 is 0 Å². The Kier molecular flexibility index (Phi) is 12.2. The molecule has 84 heavy (non-hydrogen) atoms.